The number of hydrogen-bond acceptors (Lipinski definition) is 5. The van der Waals surface area contributed by atoms with E-state index in [2.05, 4.69) is 4.98 Å². The van der Waals surface area contributed by atoms with E-state index in [4.69, 9.17) is 4.42 Å². The molecule has 1 aliphatic heterocycles. The standard InChI is InChI=1S/C22H24N4O4/c1-13-7-5-9-25-17(14(2)23-21(13)25)19(27)16-18(15-8-6-12-30-15)26(11-10-24(3)4)22(29)20(16)28/h5-9,12,18,27H,10-11H2,1-4H3/p+1/b19-16+/t18-/m0/s1. The summed E-state index contributed by atoms with van der Waals surface area (Å²) in [6.07, 6.45) is 3.28. The van der Waals surface area contributed by atoms with Crippen LogP contribution in [0.3, 0.4) is 0 Å². The van der Waals surface area contributed by atoms with Gasteiger partial charge in [-0.3, -0.25) is 14.0 Å². The first-order chi connectivity index (χ1) is 14.3. The van der Waals surface area contributed by atoms with Crippen LogP contribution in [0, 0.1) is 13.8 Å². The van der Waals surface area contributed by atoms with E-state index in [1.54, 1.807) is 29.7 Å². The number of Topliss-reactive ketones (excluding diaryl/α,β-unsaturated/α-hetero) is 1. The Kier molecular flexibility index (Phi) is 4.95. The topological polar surface area (TPSA) is 92.5 Å². The highest BCUT2D eigenvalue weighted by Gasteiger charge is 2.48. The van der Waals surface area contributed by atoms with Gasteiger partial charge < -0.3 is 19.3 Å². The third kappa shape index (κ3) is 3.09. The number of aliphatic hydroxyl groups excluding tert-OH is 1. The Balaban J connectivity index is 1.92. The Morgan fingerprint density at radius 2 is 2.00 bits per heavy atom. The molecule has 0 aromatic carbocycles. The van der Waals surface area contributed by atoms with E-state index in [9.17, 15) is 14.7 Å². The van der Waals surface area contributed by atoms with E-state index in [0.29, 0.717) is 35.9 Å². The summed E-state index contributed by atoms with van der Waals surface area (Å²) in [5, 5.41) is 11.3. The number of pyridine rings is 1. The number of aryl methyl sites for hydroxylation is 2. The number of aliphatic hydroxyl groups is 1. The van der Waals surface area contributed by atoms with Crippen molar-refractivity contribution in [3.05, 3.63) is 65.0 Å². The van der Waals surface area contributed by atoms with E-state index in [0.717, 1.165) is 10.5 Å². The first-order valence-electron chi connectivity index (χ1n) is 9.86. The fourth-order valence-electron chi connectivity index (χ4n) is 3.93. The number of carbonyl (C=O) groups excluding carboxylic acids is 2. The van der Waals surface area contributed by atoms with Crippen LogP contribution in [0.5, 0.6) is 0 Å². The zero-order valence-corrected chi connectivity index (χ0v) is 17.5. The maximum atomic E-state index is 13.0. The van der Waals surface area contributed by atoms with Crippen LogP contribution in [0.1, 0.15) is 28.8 Å². The molecule has 8 heteroatoms. The van der Waals surface area contributed by atoms with E-state index in [1.807, 2.05) is 33.2 Å². The fraction of sp³-hybridized carbons (Fsp3) is 0.318. The molecular formula is C22H25N4O4+. The number of rotatable bonds is 5. The predicted molar refractivity (Wildman–Crippen MR) is 110 cm³/mol. The Labute approximate surface area is 174 Å². The van der Waals surface area contributed by atoms with Gasteiger partial charge in [0.05, 0.1) is 44.7 Å². The summed E-state index contributed by atoms with van der Waals surface area (Å²) in [4.78, 5) is 33.1. The number of nitrogens with zero attached hydrogens (tertiary/aromatic N) is 3. The number of ketones is 1. The fourth-order valence-corrected chi connectivity index (χ4v) is 3.93. The summed E-state index contributed by atoms with van der Waals surface area (Å²) in [5.74, 6) is -1.16. The number of amides is 1. The second-order valence-electron chi connectivity index (χ2n) is 7.90. The number of fused-ring (bicyclic) bond motifs is 1. The van der Waals surface area contributed by atoms with Gasteiger partial charge in [-0.2, -0.15) is 0 Å². The Morgan fingerprint density at radius 1 is 1.23 bits per heavy atom. The van der Waals surface area contributed by atoms with Crippen LogP contribution in [-0.2, 0) is 9.59 Å². The summed E-state index contributed by atoms with van der Waals surface area (Å²) in [5.41, 5.74) is 2.63. The lowest BCUT2D eigenvalue weighted by atomic mass is 10.0. The lowest BCUT2D eigenvalue weighted by molar-refractivity contribution is -0.857. The molecule has 8 nitrogen and oxygen atoms in total. The number of nitrogens with one attached hydrogen (secondary N) is 1. The molecule has 3 aromatic heterocycles. The molecule has 156 valence electrons. The van der Waals surface area contributed by atoms with E-state index >= 15 is 0 Å². The minimum absolute atomic E-state index is 0.0233. The maximum absolute atomic E-state index is 13.0. The third-order valence-corrected chi connectivity index (χ3v) is 5.45. The van der Waals surface area contributed by atoms with Crippen molar-refractivity contribution in [3.63, 3.8) is 0 Å². The van der Waals surface area contributed by atoms with Gasteiger partial charge in [0, 0.05) is 6.20 Å². The summed E-state index contributed by atoms with van der Waals surface area (Å²) in [6, 6.07) is 6.41. The summed E-state index contributed by atoms with van der Waals surface area (Å²) in [7, 11) is 3.95. The molecule has 1 amide bonds. The van der Waals surface area contributed by atoms with Crippen LogP contribution in [0.4, 0.5) is 0 Å². The normalized spacial score (nSPS) is 18.8. The van der Waals surface area contributed by atoms with Crippen molar-refractivity contribution >= 4 is 23.1 Å². The Hall–Kier alpha value is -3.39. The molecule has 2 N–H and O–H groups in total. The van der Waals surface area contributed by atoms with Gasteiger partial charge >= 0.3 is 0 Å². The molecular weight excluding hydrogens is 384 g/mol. The van der Waals surface area contributed by atoms with Gasteiger partial charge in [-0.1, -0.05) is 6.07 Å². The molecule has 1 atom stereocenters. The van der Waals surface area contributed by atoms with Crippen molar-refractivity contribution in [2.24, 2.45) is 0 Å². The highest BCUT2D eigenvalue weighted by molar-refractivity contribution is 6.46. The van der Waals surface area contributed by atoms with Crippen LogP contribution in [0.2, 0.25) is 0 Å². The lowest BCUT2D eigenvalue weighted by Gasteiger charge is -2.23. The molecule has 1 aliphatic rings. The molecule has 4 heterocycles. The van der Waals surface area contributed by atoms with Gasteiger partial charge in [-0.25, -0.2) is 4.98 Å². The van der Waals surface area contributed by atoms with Crippen molar-refractivity contribution in [1.29, 1.82) is 0 Å². The second kappa shape index (κ2) is 7.46. The third-order valence-electron chi connectivity index (χ3n) is 5.45. The molecule has 1 fully saturated rings. The number of carbonyl (C=O) groups is 2. The Morgan fingerprint density at radius 3 is 2.67 bits per heavy atom. The number of imidazole rings is 1. The van der Waals surface area contributed by atoms with Crippen molar-refractivity contribution in [3.8, 4) is 0 Å². The van der Waals surface area contributed by atoms with E-state index in [-0.39, 0.29) is 11.3 Å². The van der Waals surface area contributed by atoms with Gasteiger partial charge in [0.15, 0.2) is 5.76 Å². The predicted octanol–water partition coefficient (Wildman–Crippen LogP) is 1.11. The summed E-state index contributed by atoms with van der Waals surface area (Å²) in [6.45, 7) is 4.71. The zero-order chi connectivity index (χ0) is 21.6. The summed E-state index contributed by atoms with van der Waals surface area (Å²) < 4.78 is 7.31. The van der Waals surface area contributed by atoms with Gasteiger partial charge in [-0.05, 0) is 37.6 Å². The largest absolute Gasteiger partial charge is 0.505 e. The average Bonchev–Trinajstić information content (AvgIpc) is 3.38. The molecule has 0 aliphatic carbocycles. The molecule has 4 rings (SSSR count). The van der Waals surface area contributed by atoms with Crippen molar-refractivity contribution in [2.45, 2.75) is 19.9 Å². The minimum atomic E-state index is -0.783. The van der Waals surface area contributed by atoms with Crippen LogP contribution >= 0.6 is 0 Å². The van der Waals surface area contributed by atoms with Crippen LogP contribution in [0.15, 0.2) is 46.7 Å². The highest BCUT2D eigenvalue weighted by Crippen LogP contribution is 2.39. The van der Waals surface area contributed by atoms with Gasteiger partial charge in [0.1, 0.15) is 23.1 Å². The van der Waals surface area contributed by atoms with Crippen molar-refractivity contribution < 1.29 is 24.0 Å². The second-order valence-corrected chi connectivity index (χ2v) is 7.90. The number of hydrogen-bond donors (Lipinski definition) is 2. The molecule has 0 spiro atoms. The van der Waals surface area contributed by atoms with E-state index < -0.39 is 17.7 Å². The molecule has 30 heavy (non-hydrogen) atoms. The number of quaternary nitrogens is 1. The van der Waals surface area contributed by atoms with Gasteiger partial charge in [-0.15, -0.1) is 0 Å². The van der Waals surface area contributed by atoms with Crippen molar-refractivity contribution in [1.82, 2.24) is 14.3 Å². The molecule has 0 unspecified atom stereocenters. The lowest BCUT2D eigenvalue weighted by Crippen LogP contribution is -3.06. The molecule has 0 saturated carbocycles. The maximum Gasteiger partial charge on any atom is 0.295 e. The molecule has 1 saturated heterocycles. The average molecular weight is 409 g/mol. The number of likely N-dealkylation sites (tertiary alicyclic amines) is 1. The smallest absolute Gasteiger partial charge is 0.295 e. The number of aromatic nitrogens is 2. The van der Waals surface area contributed by atoms with Crippen LogP contribution < -0.4 is 4.90 Å². The van der Waals surface area contributed by atoms with Crippen LogP contribution in [0.25, 0.3) is 11.4 Å². The summed E-state index contributed by atoms with van der Waals surface area (Å²) >= 11 is 0. The van der Waals surface area contributed by atoms with Crippen LogP contribution in [-0.4, -0.2) is 58.3 Å². The highest BCUT2D eigenvalue weighted by atomic mass is 16.3. The minimum Gasteiger partial charge on any atom is -0.505 e. The SMILES string of the molecule is Cc1nc2c(C)cccn2c1/C(O)=C1\C(=O)C(=O)N(CC[NH+](C)C)[C@H]1c1ccco1. The van der Waals surface area contributed by atoms with Gasteiger partial charge in [0.25, 0.3) is 11.7 Å². The quantitative estimate of drug-likeness (QED) is 0.374. The van der Waals surface area contributed by atoms with E-state index in [1.165, 1.54) is 11.2 Å². The number of furan rings is 1. The first kappa shape index (κ1) is 19.9. The number of likely N-dealkylation sites (N-methyl/N-ethyl adjacent to an activating group) is 1. The zero-order valence-electron chi connectivity index (χ0n) is 17.5. The molecule has 0 bridgehead atoms. The van der Waals surface area contributed by atoms with Gasteiger partial charge in [0.2, 0.25) is 0 Å². The monoisotopic (exact) mass is 409 g/mol. The molecule has 0 radical (unpaired) electrons. The Bertz CT molecular complexity index is 1160. The first-order valence-corrected chi connectivity index (χ1v) is 9.86. The van der Waals surface area contributed by atoms with Crippen molar-refractivity contribution in [2.75, 3.05) is 27.2 Å². The molecule has 3 aromatic rings.